The van der Waals surface area contributed by atoms with Crippen molar-refractivity contribution in [3.05, 3.63) is 0 Å². The maximum atomic E-state index is 13.1. The van der Waals surface area contributed by atoms with Crippen LogP contribution in [0, 0.1) is 11.3 Å². The van der Waals surface area contributed by atoms with Crippen LogP contribution in [0.15, 0.2) is 0 Å². The molecule has 0 aromatic heterocycles. The van der Waals surface area contributed by atoms with Gasteiger partial charge in [-0.1, -0.05) is 13.8 Å². The fraction of sp³-hybridized carbons (Fsp3) is 0.933. The van der Waals surface area contributed by atoms with Crippen LogP contribution >= 0.6 is 11.8 Å². The molecular formula is C15H26N2O2S. The van der Waals surface area contributed by atoms with Crippen molar-refractivity contribution in [1.82, 2.24) is 4.90 Å². The zero-order valence-corrected chi connectivity index (χ0v) is 13.5. The summed E-state index contributed by atoms with van der Waals surface area (Å²) < 4.78 is 5.90. The molecular weight excluding hydrogens is 272 g/mol. The highest BCUT2D eigenvalue weighted by molar-refractivity contribution is 7.99. The lowest BCUT2D eigenvalue weighted by Gasteiger charge is -2.66. The van der Waals surface area contributed by atoms with Crippen molar-refractivity contribution in [2.24, 2.45) is 17.1 Å². The van der Waals surface area contributed by atoms with Gasteiger partial charge in [-0.05, 0) is 19.8 Å². The zero-order valence-electron chi connectivity index (χ0n) is 12.7. The summed E-state index contributed by atoms with van der Waals surface area (Å²) in [5.74, 6) is 2.40. The highest BCUT2D eigenvalue weighted by Gasteiger charge is 2.71. The van der Waals surface area contributed by atoms with E-state index in [0.29, 0.717) is 6.04 Å². The first kappa shape index (κ1) is 14.7. The monoisotopic (exact) mass is 298 g/mol. The van der Waals surface area contributed by atoms with E-state index < -0.39 is 5.54 Å². The second-order valence-corrected chi connectivity index (χ2v) is 8.20. The zero-order chi connectivity index (χ0) is 14.5. The van der Waals surface area contributed by atoms with Gasteiger partial charge in [0.15, 0.2) is 0 Å². The lowest BCUT2D eigenvalue weighted by Crippen LogP contribution is -2.83. The maximum Gasteiger partial charge on any atom is 0.244 e. The molecule has 2 N–H and O–H groups in total. The van der Waals surface area contributed by atoms with Crippen LogP contribution in [0.4, 0.5) is 0 Å². The average Bonchev–Trinajstić information content (AvgIpc) is 2.46. The minimum atomic E-state index is -0.742. The molecule has 2 heterocycles. The van der Waals surface area contributed by atoms with Gasteiger partial charge < -0.3 is 15.4 Å². The summed E-state index contributed by atoms with van der Waals surface area (Å²) in [7, 11) is 0. The van der Waals surface area contributed by atoms with Crippen LogP contribution in [0.5, 0.6) is 0 Å². The van der Waals surface area contributed by atoms with Crippen molar-refractivity contribution in [2.75, 3.05) is 24.7 Å². The Morgan fingerprint density at radius 1 is 1.45 bits per heavy atom. The van der Waals surface area contributed by atoms with E-state index in [1.807, 2.05) is 16.7 Å². The number of carbonyl (C=O) groups is 1. The largest absolute Gasteiger partial charge is 0.377 e. The van der Waals surface area contributed by atoms with Crippen LogP contribution in [0.3, 0.4) is 0 Å². The number of thioether (sulfide) groups is 1. The van der Waals surface area contributed by atoms with Crippen molar-refractivity contribution >= 4 is 17.7 Å². The third-order valence-electron chi connectivity index (χ3n) is 5.67. The Labute approximate surface area is 125 Å². The number of nitrogens with two attached hydrogens (primary N) is 1. The lowest BCUT2D eigenvalue weighted by atomic mass is 9.46. The summed E-state index contributed by atoms with van der Waals surface area (Å²) in [6.07, 6.45) is 2.20. The molecule has 3 fully saturated rings. The molecule has 1 saturated carbocycles. The first-order valence-electron chi connectivity index (χ1n) is 7.70. The van der Waals surface area contributed by atoms with Gasteiger partial charge in [-0.25, -0.2) is 0 Å². The lowest BCUT2D eigenvalue weighted by molar-refractivity contribution is -0.230. The molecule has 0 aromatic rings. The standard InChI is InChI=1S/C15H26N2O2S/c1-10-9-20-8-6-17(10)13(18)15(16)11-5-4-7-19-12(11)14(15,2)3/h10-12H,4-9,16H2,1-3H3. The first-order valence-corrected chi connectivity index (χ1v) is 8.85. The number of amides is 1. The van der Waals surface area contributed by atoms with Gasteiger partial charge in [0, 0.05) is 42.0 Å². The SMILES string of the molecule is CC1CSCCN1C(=O)C1(N)C2CCCOC2C1(C)C. The molecule has 20 heavy (non-hydrogen) atoms. The Bertz CT molecular complexity index is 415. The predicted octanol–water partition coefficient (Wildman–Crippen LogP) is 1.48. The van der Waals surface area contributed by atoms with Gasteiger partial charge in [0.05, 0.1) is 6.10 Å². The highest BCUT2D eigenvalue weighted by atomic mass is 32.2. The molecule has 1 amide bonds. The Morgan fingerprint density at radius 2 is 2.20 bits per heavy atom. The average molecular weight is 298 g/mol. The van der Waals surface area contributed by atoms with Gasteiger partial charge in [0.25, 0.3) is 0 Å². The van der Waals surface area contributed by atoms with Gasteiger partial charge in [0.1, 0.15) is 5.54 Å². The second-order valence-electron chi connectivity index (χ2n) is 7.05. The summed E-state index contributed by atoms with van der Waals surface area (Å²) in [4.78, 5) is 15.1. The van der Waals surface area contributed by atoms with Crippen molar-refractivity contribution < 1.29 is 9.53 Å². The van der Waals surface area contributed by atoms with E-state index in [4.69, 9.17) is 10.5 Å². The molecule has 4 atom stereocenters. The van der Waals surface area contributed by atoms with Crippen LogP contribution in [-0.4, -0.2) is 53.1 Å². The molecule has 0 bridgehead atoms. The van der Waals surface area contributed by atoms with E-state index in [9.17, 15) is 4.79 Å². The van der Waals surface area contributed by atoms with Gasteiger partial charge >= 0.3 is 0 Å². The van der Waals surface area contributed by atoms with E-state index in [1.165, 1.54) is 0 Å². The summed E-state index contributed by atoms with van der Waals surface area (Å²) in [5.41, 5.74) is 5.69. The Kier molecular flexibility index (Phi) is 3.58. The fourth-order valence-corrected chi connectivity index (χ4v) is 5.29. The molecule has 0 spiro atoms. The number of hydrogen-bond donors (Lipinski definition) is 1. The quantitative estimate of drug-likeness (QED) is 0.797. The van der Waals surface area contributed by atoms with Crippen LogP contribution in [0.2, 0.25) is 0 Å². The van der Waals surface area contributed by atoms with Gasteiger partial charge in [0.2, 0.25) is 5.91 Å². The Hall–Kier alpha value is -0.260. The summed E-state index contributed by atoms with van der Waals surface area (Å²) in [5, 5.41) is 0. The van der Waals surface area contributed by atoms with Crippen molar-refractivity contribution in [3.63, 3.8) is 0 Å². The summed E-state index contributed by atoms with van der Waals surface area (Å²) >= 11 is 1.92. The van der Waals surface area contributed by atoms with Gasteiger partial charge in [-0.3, -0.25) is 4.79 Å². The maximum absolute atomic E-state index is 13.1. The second kappa shape index (κ2) is 4.89. The molecule has 4 unspecified atom stereocenters. The molecule has 0 radical (unpaired) electrons. The topological polar surface area (TPSA) is 55.6 Å². The minimum Gasteiger partial charge on any atom is -0.377 e. The Balaban J connectivity index is 1.85. The van der Waals surface area contributed by atoms with Crippen molar-refractivity contribution in [1.29, 1.82) is 0 Å². The molecule has 114 valence electrons. The van der Waals surface area contributed by atoms with Gasteiger partial charge in [-0.15, -0.1) is 0 Å². The van der Waals surface area contributed by atoms with E-state index in [2.05, 4.69) is 20.8 Å². The fourth-order valence-electron chi connectivity index (χ4n) is 4.28. The molecule has 2 saturated heterocycles. The number of fused-ring (bicyclic) bond motifs is 1. The number of ether oxygens (including phenoxy) is 1. The molecule has 5 heteroatoms. The van der Waals surface area contributed by atoms with Crippen LogP contribution in [-0.2, 0) is 9.53 Å². The third-order valence-corrected chi connectivity index (χ3v) is 6.86. The molecule has 2 aliphatic heterocycles. The van der Waals surface area contributed by atoms with Crippen LogP contribution < -0.4 is 5.73 Å². The van der Waals surface area contributed by atoms with E-state index in [0.717, 1.165) is 37.5 Å². The van der Waals surface area contributed by atoms with Crippen molar-refractivity contribution in [2.45, 2.75) is 51.3 Å². The molecule has 0 aromatic carbocycles. The smallest absolute Gasteiger partial charge is 0.244 e. The minimum absolute atomic E-state index is 0.152. The molecule has 3 aliphatic rings. The predicted molar refractivity (Wildman–Crippen MR) is 81.7 cm³/mol. The first-order chi connectivity index (χ1) is 9.40. The van der Waals surface area contributed by atoms with E-state index in [-0.39, 0.29) is 23.3 Å². The summed E-state index contributed by atoms with van der Waals surface area (Å²) in [6.45, 7) is 7.97. The molecule has 1 aliphatic carbocycles. The van der Waals surface area contributed by atoms with Crippen molar-refractivity contribution in [3.8, 4) is 0 Å². The Morgan fingerprint density at radius 3 is 2.90 bits per heavy atom. The molecule has 4 nitrogen and oxygen atoms in total. The normalized spacial score (nSPS) is 43.6. The number of nitrogens with zero attached hydrogens (tertiary/aromatic N) is 1. The van der Waals surface area contributed by atoms with Crippen LogP contribution in [0.1, 0.15) is 33.6 Å². The van der Waals surface area contributed by atoms with Crippen LogP contribution in [0.25, 0.3) is 0 Å². The highest BCUT2D eigenvalue weighted by Crippen LogP contribution is 2.58. The third kappa shape index (κ3) is 1.79. The van der Waals surface area contributed by atoms with Gasteiger partial charge in [-0.2, -0.15) is 11.8 Å². The number of rotatable bonds is 1. The summed E-state index contributed by atoms with van der Waals surface area (Å²) in [6, 6.07) is 0.293. The van der Waals surface area contributed by atoms with E-state index >= 15 is 0 Å². The number of carbonyl (C=O) groups excluding carboxylic acids is 1. The molecule has 3 rings (SSSR count). The van der Waals surface area contributed by atoms with E-state index in [1.54, 1.807) is 0 Å². The number of hydrogen-bond acceptors (Lipinski definition) is 4.